The molecule has 0 aliphatic carbocycles. The van der Waals surface area contributed by atoms with Crippen molar-refractivity contribution in [3.63, 3.8) is 0 Å². The lowest BCUT2D eigenvalue weighted by Crippen LogP contribution is -2.55. The zero-order chi connectivity index (χ0) is 13.5. The maximum absolute atomic E-state index is 5.65. The molecule has 19 heavy (non-hydrogen) atoms. The van der Waals surface area contributed by atoms with E-state index in [1.807, 2.05) is 0 Å². The lowest BCUT2D eigenvalue weighted by molar-refractivity contribution is -0.0967. The molecule has 1 N–H and O–H groups in total. The van der Waals surface area contributed by atoms with E-state index in [4.69, 9.17) is 4.74 Å². The molecule has 3 rings (SSSR count). The van der Waals surface area contributed by atoms with Gasteiger partial charge in [-0.05, 0) is 74.9 Å². The van der Waals surface area contributed by atoms with Crippen LogP contribution in [0.25, 0.3) is 0 Å². The van der Waals surface area contributed by atoms with Gasteiger partial charge in [-0.1, -0.05) is 12.1 Å². The van der Waals surface area contributed by atoms with Gasteiger partial charge in [0.1, 0.15) is 0 Å². The Morgan fingerprint density at radius 2 is 1.63 bits per heavy atom. The van der Waals surface area contributed by atoms with Crippen molar-refractivity contribution in [2.45, 2.75) is 39.0 Å². The van der Waals surface area contributed by atoms with E-state index in [1.54, 1.807) is 5.56 Å². The van der Waals surface area contributed by atoms with Gasteiger partial charge in [0.05, 0.1) is 13.2 Å². The van der Waals surface area contributed by atoms with E-state index in [2.05, 4.69) is 38.2 Å². The second-order valence-corrected chi connectivity index (χ2v) is 6.42. The minimum absolute atomic E-state index is 0.296. The standard InChI is InChI=1S/C17H25NO/c1-12-8-14(3)16(9-13(12)2)17(10-19-11-17)15-4-6-18-7-5-15/h8-9,15,18H,4-7,10-11H2,1-3H3. The number of hydrogen-bond donors (Lipinski definition) is 1. The summed E-state index contributed by atoms with van der Waals surface area (Å²) in [6.45, 7) is 10.9. The van der Waals surface area contributed by atoms with Crippen LogP contribution in [0.1, 0.15) is 35.1 Å². The first-order valence-corrected chi connectivity index (χ1v) is 7.50. The Labute approximate surface area is 116 Å². The Hall–Kier alpha value is -0.860. The van der Waals surface area contributed by atoms with Gasteiger partial charge in [-0.15, -0.1) is 0 Å². The summed E-state index contributed by atoms with van der Waals surface area (Å²) in [6, 6.07) is 4.78. The van der Waals surface area contributed by atoms with Crippen molar-refractivity contribution >= 4 is 0 Å². The van der Waals surface area contributed by atoms with Gasteiger partial charge in [0, 0.05) is 5.41 Å². The van der Waals surface area contributed by atoms with Gasteiger partial charge in [-0.3, -0.25) is 0 Å². The number of hydrogen-bond acceptors (Lipinski definition) is 2. The SMILES string of the molecule is Cc1cc(C)c(C2(C3CCNCC3)COC2)cc1C. The molecule has 0 spiro atoms. The third-order valence-electron chi connectivity index (χ3n) is 5.22. The number of benzene rings is 1. The van der Waals surface area contributed by atoms with Crippen molar-refractivity contribution in [2.24, 2.45) is 5.92 Å². The first-order chi connectivity index (χ1) is 9.13. The molecule has 2 aliphatic heterocycles. The number of piperidine rings is 1. The molecular weight excluding hydrogens is 234 g/mol. The maximum Gasteiger partial charge on any atom is 0.0588 e. The molecule has 0 unspecified atom stereocenters. The second-order valence-electron chi connectivity index (χ2n) is 6.42. The van der Waals surface area contributed by atoms with Crippen LogP contribution in [0.4, 0.5) is 0 Å². The third-order valence-corrected chi connectivity index (χ3v) is 5.22. The van der Waals surface area contributed by atoms with Crippen LogP contribution in [0.15, 0.2) is 12.1 Å². The number of ether oxygens (including phenoxy) is 1. The molecular formula is C17H25NO. The molecule has 0 amide bonds. The Kier molecular flexibility index (Phi) is 3.40. The molecule has 0 radical (unpaired) electrons. The second kappa shape index (κ2) is 4.92. The fourth-order valence-corrected chi connectivity index (χ4v) is 3.80. The van der Waals surface area contributed by atoms with E-state index < -0.39 is 0 Å². The summed E-state index contributed by atoms with van der Waals surface area (Å²) in [5.74, 6) is 0.781. The van der Waals surface area contributed by atoms with E-state index in [0.717, 1.165) is 32.2 Å². The fourth-order valence-electron chi connectivity index (χ4n) is 3.80. The highest BCUT2D eigenvalue weighted by Gasteiger charge is 2.47. The minimum Gasteiger partial charge on any atom is -0.379 e. The zero-order valence-corrected chi connectivity index (χ0v) is 12.4. The van der Waals surface area contributed by atoms with E-state index in [-0.39, 0.29) is 0 Å². The van der Waals surface area contributed by atoms with E-state index >= 15 is 0 Å². The Morgan fingerprint density at radius 1 is 1.00 bits per heavy atom. The smallest absolute Gasteiger partial charge is 0.0588 e. The van der Waals surface area contributed by atoms with E-state index in [1.165, 1.54) is 29.5 Å². The van der Waals surface area contributed by atoms with Gasteiger partial charge in [-0.25, -0.2) is 0 Å². The monoisotopic (exact) mass is 259 g/mol. The highest BCUT2D eigenvalue weighted by molar-refractivity contribution is 5.43. The molecule has 2 heterocycles. The molecule has 0 bridgehead atoms. The van der Waals surface area contributed by atoms with Crippen LogP contribution in [0.2, 0.25) is 0 Å². The van der Waals surface area contributed by atoms with Crippen molar-refractivity contribution in [1.29, 1.82) is 0 Å². The molecule has 2 nitrogen and oxygen atoms in total. The van der Waals surface area contributed by atoms with Gasteiger partial charge >= 0.3 is 0 Å². The molecule has 1 aromatic rings. The lowest BCUT2D eigenvalue weighted by atomic mass is 9.64. The molecule has 0 saturated carbocycles. The summed E-state index contributed by atoms with van der Waals surface area (Å²) in [6.07, 6.45) is 2.57. The number of nitrogens with one attached hydrogen (secondary N) is 1. The van der Waals surface area contributed by atoms with Crippen molar-refractivity contribution < 1.29 is 4.74 Å². The van der Waals surface area contributed by atoms with E-state index in [0.29, 0.717) is 5.41 Å². The molecule has 104 valence electrons. The van der Waals surface area contributed by atoms with Crippen LogP contribution in [0.3, 0.4) is 0 Å². The lowest BCUT2D eigenvalue weighted by Gasteiger charge is -2.50. The number of aryl methyl sites for hydroxylation is 3. The summed E-state index contributed by atoms with van der Waals surface area (Å²) in [4.78, 5) is 0. The van der Waals surface area contributed by atoms with Gasteiger partial charge in [0.25, 0.3) is 0 Å². The van der Waals surface area contributed by atoms with Gasteiger partial charge in [-0.2, -0.15) is 0 Å². The third kappa shape index (κ3) is 2.11. The normalized spacial score (nSPS) is 23.1. The molecule has 2 aliphatic rings. The van der Waals surface area contributed by atoms with Crippen LogP contribution in [0, 0.1) is 26.7 Å². The van der Waals surface area contributed by atoms with Crippen molar-refractivity contribution in [3.8, 4) is 0 Å². The Balaban J connectivity index is 1.99. The molecule has 2 saturated heterocycles. The Morgan fingerprint density at radius 3 is 2.21 bits per heavy atom. The Bertz CT molecular complexity index is 470. The predicted octanol–water partition coefficient (Wildman–Crippen LogP) is 2.88. The molecule has 0 atom stereocenters. The van der Waals surface area contributed by atoms with Crippen LogP contribution >= 0.6 is 0 Å². The molecule has 1 aromatic carbocycles. The first-order valence-electron chi connectivity index (χ1n) is 7.50. The molecule has 0 aromatic heterocycles. The predicted molar refractivity (Wildman–Crippen MR) is 78.7 cm³/mol. The zero-order valence-electron chi connectivity index (χ0n) is 12.4. The van der Waals surface area contributed by atoms with Crippen LogP contribution in [-0.4, -0.2) is 26.3 Å². The maximum atomic E-state index is 5.65. The van der Waals surface area contributed by atoms with Gasteiger partial charge in [0.15, 0.2) is 0 Å². The van der Waals surface area contributed by atoms with Crippen molar-refractivity contribution in [3.05, 3.63) is 34.4 Å². The average Bonchev–Trinajstić information content (AvgIpc) is 2.35. The van der Waals surface area contributed by atoms with E-state index in [9.17, 15) is 0 Å². The summed E-state index contributed by atoms with van der Waals surface area (Å²) in [5.41, 5.74) is 6.12. The summed E-state index contributed by atoms with van der Waals surface area (Å²) < 4.78 is 5.65. The quantitative estimate of drug-likeness (QED) is 0.882. The van der Waals surface area contributed by atoms with Gasteiger partial charge in [0.2, 0.25) is 0 Å². The van der Waals surface area contributed by atoms with Crippen LogP contribution in [0.5, 0.6) is 0 Å². The summed E-state index contributed by atoms with van der Waals surface area (Å²) >= 11 is 0. The van der Waals surface area contributed by atoms with Gasteiger partial charge < -0.3 is 10.1 Å². The minimum atomic E-state index is 0.296. The average molecular weight is 259 g/mol. The molecule has 2 heteroatoms. The number of rotatable bonds is 2. The summed E-state index contributed by atoms with van der Waals surface area (Å²) in [7, 11) is 0. The highest BCUT2D eigenvalue weighted by atomic mass is 16.5. The van der Waals surface area contributed by atoms with Crippen LogP contribution < -0.4 is 5.32 Å². The largest absolute Gasteiger partial charge is 0.379 e. The van der Waals surface area contributed by atoms with Crippen LogP contribution in [-0.2, 0) is 10.2 Å². The van der Waals surface area contributed by atoms with Crippen molar-refractivity contribution in [1.82, 2.24) is 5.32 Å². The topological polar surface area (TPSA) is 21.3 Å². The van der Waals surface area contributed by atoms with Crippen molar-refractivity contribution in [2.75, 3.05) is 26.3 Å². The summed E-state index contributed by atoms with van der Waals surface area (Å²) in [5, 5.41) is 3.48. The molecule has 2 fully saturated rings. The fraction of sp³-hybridized carbons (Fsp3) is 0.647. The first kappa shape index (κ1) is 13.1. The highest BCUT2D eigenvalue weighted by Crippen LogP contribution is 2.45.